The normalized spacial score (nSPS) is 33.4. The Morgan fingerprint density at radius 1 is 1.12 bits per heavy atom. The summed E-state index contributed by atoms with van der Waals surface area (Å²) in [6.07, 6.45) is 6.55. The minimum absolute atomic E-state index is 0.105. The summed E-state index contributed by atoms with van der Waals surface area (Å²) in [4.78, 5) is 2.43. The SMILES string of the molecule is COC1CN(CCC2(N)CCCC2)CC1OC. The largest absolute Gasteiger partial charge is 0.377 e. The van der Waals surface area contributed by atoms with Gasteiger partial charge in [-0.25, -0.2) is 0 Å². The summed E-state index contributed by atoms with van der Waals surface area (Å²) >= 11 is 0. The fraction of sp³-hybridized carbons (Fsp3) is 1.00. The Morgan fingerprint density at radius 3 is 2.12 bits per heavy atom. The highest BCUT2D eigenvalue weighted by atomic mass is 16.5. The van der Waals surface area contributed by atoms with Crippen LogP contribution in [0.3, 0.4) is 0 Å². The lowest BCUT2D eigenvalue weighted by Crippen LogP contribution is -2.40. The van der Waals surface area contributed by atoms with Crippen molar-refractivity contribution >= 4 is 0 Å². The minimum atomic E-state index is 0.105. The van der Waals surface area contributed by atoms with Crippen molar-refractivity contribution in [2.45, 2.75) is 49.9 Å². The molecule has 1 aliphatic heterocycles. The van der Waals surface area contributed by atoms with Crippen molar-refractivity contribution < 1.29 is 9.47 Å². The molecule has 0 radical (unpaired) electrons. The molecular formula is C13H26N2O2. The molecule has 0 spiro atoms. The summed E-state index contributed by atoms with van der Waals surface area (Å²) in [5.74, 6) is 0. The van der Waals surface area contributed by atoms with Crippen molar-refractivity contribution in [2.24, 2.45) is 5.73 Å². The van der Waals surface area contributed by atoms with Crippen LogP contribution in [0.1, 0.15) is 32.1 Å². The van der Waals surface area contributed by atoms with Gasteiger partial charge in [0.15, 0.2) is 0 Å². The molecule has 1 aliphatic carbocycles. The molecule has 2 unspecified atom stereocenters. The van der Waals surface area contributed by atoms with Gasteiger partial charge in [0.25, 0.3) is 0 Å². The molecular weight excluding hydrogens is 216 g/mol. The van der Waals surface area contributed by atoms with Gasteiger partial charge in [0, 0.05) is 39.4 Å². The van der Waals surface area contributed by atoms with Gasteiger partial charge in [-0.1, -0.05) is 12.8 Å². The zero-order chi connectivity index (χ0) is 12.3. The Kier molecular flexibility index (Phi) is 4.42. The van der Waals surface area contributed by atoms with Gasteiger partial charge in [-0.3, -0.25) is 4.90 Å². The van der Waals surface area contributed by atoms with Crippen molar-refractivity contribution in [3.8, 4) is 0 Å². The molecule has 2 fully saturated rings. The molecule has 0 aromatic rings. The molecule has 0 aromatic carbocycles. The molecule has 2 atom stereocenters. The van der Waals surface area contributed by atoms with Gasteiger partial charge >= 0.3 is 0 Å². The lowest BCUT2D eigenvalue weighted by atomic mass is 9.94. The maximum absolute atomic E-state index is 6.38. The van der Waals surface area contributed by atoms with Crippen LogP contribution in [0.2, 0.25) is 0 Å². The number of hydrogen-bond donors (Lipinski definition) is 1. The third-order valence-corrected chi connectivity index (χ3v) is 4.42. The molecule has 0 amide bonds. The number of methoxy groups -OCH3 is 2. The summed E-state index contributed by atoms with van der Waals surface area (Å²) in [5, 5.41) is 0. The maximum Gasteiger partial charge on any atom is 0.0971 e. The third kappa shape index (κ3) is 3.19. The Bertz CT molecular complexity index is 230. The fourth-order valence-electron chi connectivity index (χ4n) is 3.16. The first-order valence-electron chi connectivity index (χ1n) is 6.74. The lowest BCUT2D eigenvalue weighted by molar-refractivity contribution is -0.00461. The van der Waals surface area contributed by atoms with E-state index in [2.05, 4.69) is 4.90 Å². The molecule has 4 heteroatoms. The van der Waals surface area contributed by atoms with Gasteiger partial charge in [-0.2, -0.15) is 0 Å². The average Bonchev–Trinajstić information content (AvgIpc) is 2.93. The number of nitrogens with zero attached hydrogens (tertiary/aromatic N) is 1. The second-order valence-corrected chi connectivity index (χ2v) is 5.63. The van der Waals surface area contributed by atoms with E-state index in [0.717, 1.165) is 26.1 Å². The molecule has 1 heterocycles. The van der Waals surface area contributed by atoms with Crippen LogP contribution >= 0.6 is 0 Å². The topological polar surface area (TPSA) is 47.7 Å². The standard InChI is InChI=1S/C13H26N2O2/c1-16-11-9-15(10-12(11)17-2)8-7-13(14)5-3-4-6-13/h11-12H,3-10,14H2,1-2H3. The smallest absolute Gasteiger partial charge is 0.0971 e. The van der Waals surface area contributed by atoms with Crippen LogP contribution in [0.5, 0.6) is 0 Å². The molecule has 2 aliphatic rings. The Balaban J connectivity index is 1.77. The lowest BCUT2D eigenvalue weighted by Gasteiger charge is -2.26. The summed E-state index contributed by atoms with van der Waals surface area (Å²) in [6.45, 7) is 3.03. The molecule has 0 bridgehead atoms. The number of nitrogens with two attached hydrogens (primary N) is 1. The van der Waals surface area contributed by atoms with Crippen molar-refractivity contribution in [1.29, 1.82) is 0 Å². The van der Waals surface area contributed by atoms with E-state index in [-0.39, 0.29) is 17.7 Å². The van der Waals surface area contributed by atoms with E-state index in [1.807, 2.05) is 0 Å². The van der Waals surface area contributed by atoms with Gasteiger partial charge in [-0.05, 0) is 19.3 Å². The molecule has 2 rings (SSSR count). The molecule has 1 saturated carbocycles. The van der Waals surface area contributed by atoms with E-state index in [0.29, 0.717) is 0 Å². The first-order valence-corrected chi connectivity index (χ1v) is 6.74. The quantitative estimate of drug-likeness (QED) is 0.781. The van der Waals surface area contributed by atoms with E-state index in [1.54, 1.807) is 14.2 Å². The summed E-state index contributed by atoms with van der Waals surface area (Å²) in [7, 11) is 3.53. The summed E-state index contributed by atoms with van der Waals surface area (Å²) in [5.41, 5.74) is 6.49. The maximum atomic E-state index is 6.38. The highest BCUT2D eigenvalue weighted by Gasteiger charge is 2.35. The first-order chi connectivity index (χ1) is 8.17. The molecule has 100 valence electrons. The van der Waals surface area contributed by atoms with Gasteiger partial charge in [0.2, 0.25) is 0 Å². The van der Waals surface area contributed by atoms with E-state index in [4.69, 9.17) is 15.2 Å². The van der Waals surface area contributed by atoms with E-state index in [1.165, 1.54) is 25.7 Å². The van der Waals surface area contributed by atoms with Crippen LogP contribution < -0.4 is 5.73 Å². The summed E-state index contributed by atoms with van der Waals surface area (Å²) in [6, 6.07) is 0. The molecule has 17 heavy (non-hydrogen) atoms. The van der Waals surface area contributed by atoms with Crippen molar-refractivity contribution in [1.82, 2.24) is 4.90 Å². The highest BCUT2D eigenvalue weighted by molar-refractivity contribution is 4.92. The molecule has 2 N–H and O–H groups in total. The van der Waals surface area contributed by atoms with Crippen molar-refractivity contribution in [2.75, 3.05) is 33.9 Å². The predicted octanol–water partition coefficient (Wildman–Crippen LogP) is 0.994. The second-order valence-electron chi connectivity index (χ2n) is 5.63. The van der Waals surface area contributed by atoms with Crippen LogP contribution in [0.4, 0.5) is 0 Å². The highest BCUT2D eigenvalue weighted by Crippen LogP contribution is 2.30. The van der Waals surface area contributed by atoms with E-state index in [9.17, 15) is 0 Å². The van der Waals surface area contributed by atoms with Crippen LogP contribution in [0.15, 0.2) is 0 Å². The zero-order valence-corrected chi connectivity index (χ0v) is 11.2. The Labute approximate surface area is 104 Å². The monoisotopic (exact) mass is 242 g/mol. The zero-order valence-electron chi connectivity index (χ0n) is 11.2. The molecule has 4 nitrogen and oxygen atoms in total. The van der Waals surface area contributed by atoms with Crippen molar-refractivity contribution in [3.63, 3.8) is 0 Å². The van der Waals surface area contributed by atoms with Gasteiger partial charge in [0.05, 0.1) is 12.2 Å². The van der Waals surface area contributed by atoms with Crippen LogP contribution in [0.25, 0.3) is 0 Å². The van der Waals surface area contributed by atoms with Gasteiger partial charge in [-0.15, -0.1) is 0 Å². The van der Waals surface area contributed by atoms with Gasteiger partial charge < -0.3 is 15.2 Å². The van der Waals surface area contributed by atoms with E-state index >= 15 is 0 Å². The van der Waals surface area contributed by atoms with Crippen LogP contribution in [0, 0.1) is 0 Å². The second kappa shape index (κ2) is 5.65. The predicted molar refractivity (Wildman–Crippen MR) is 68.0 cm³/mol. The molecule has 1 saturated heterocycles. The van der Waals surface area contributed by atoms with Crippen molar-refractivity contribution in [3.05, 3.63) is 0 Å². The fourth-order valence-corrected chi connectivity index (χ4v) is 3.16. The van der Waals surface area contributed by atoms with E-state index < -0.39 is 0 Å². The number of likely N-dealkylation sites (tertiary alicyclic amines) is 1. The third-order valence-electron chi connectivity index (χ3n) is 4.42. The number of ether oxygens (including phenoxy) is 2. The van der Waals surface area contributed by atoms with Crippen LogP contribution in [-0.4, -0.2) is 56.5 Å². The Morgan fingerprint density at radius 2 is 1.65 bits per heavy atom. The van der Waals surface area contributed by atoms with Gasteiger partial charge in [0.1, 0.15) is 0 Å². The number of hydrogen-bond acceptors (Lipinski definition) is 4. The summed E-state index contributed by atoms with van der Waals surface area (Å²) < 4.78 is 10.9. The Hall–Kier alpha value is -0.160. The number of rotatable bonds is 5. The molecule has 0 aromatic heterocycles. The first kappa shape index (κ1) is 13.3. The van der Waals surface area contributed by atoms with Crippen LogP contribution in [-0.2, 0) is 9.47 Å². The minimum Gasteiger partial charge on any atom is -0.377 e. The average molecular weight is 242 g/mol.